The Balaban J connectivity index is 1.80. The normalized spacial score (nSPS) is 11.1. The molecule has 0 atom stereocenters. The molecule has 20 heavy (non-hydrogen) atoms. The van der Waals surface area contributed by atoms with Crippen molar-refractivity contribution in [2.24, 2.45) is 5.73 Å². The Morgan fingerprint density at radius 2 is 2.00 bits per heavy atom. The molecule has 3 aromatic rings. The van der Waals surface area contributed by atoms with Gasteiger partial charge in [-0.25, -0.2) is 9.37 Å². The van der Waals surface area contributed by atoms with Gasteiger partial charge in [0.15, 0.2) is 4.34 Å². The van der Waals surface area contributed by atoms with Crippen molar-refractivity contribution in [2.75, 3.05) is 0 Å². The number of para-hydroxylation sites is 1. The van der Waals surface area contributed by atoms with Crippen molar-refractivity contribution in [3.63, 3.8) is 0 Å². The summed E-state index contributed by atoms with van der Waals surface area (Å²) in [7, 11) is 0. The summed E-state index contributed by atoms with van der Waals surface area (Å²) in [4.78, 5) is 4.56. The Bertz CT molecular complexity index is 707. The third-order valence-electron chi connectivity index (χ3n) is 3.01. The topological polar surface area (TPSA) is 38.9 Å². The quantitative estimate of drug-likeness (QED) is 0.735. The van der Waals surface area contributed by atoms with Gasteiger partial charge in [-0.1, -0.05) is 30.0 Å². The number of nitrogens with zero attached hydrogens (tertiary/aromatic N) is 1. The summed E-state index contributed by atoms with van der Waals surface area (Å²) in [6.07, 6.45) is 0. The van der Waals surface area contributed by atoms with Crippen molar-refractivity contribution < 1.29 is 4.39 Å². The van der Waals surface area contributed by atoms with E-state index in [1.54, 1.807) is 35.2 Å². The van der Waals surface area contributed by atoms with Gasteiger partial charge in [-0.15, -0.1) is 11.3 Å². The van der Waals surface area contributed by atoms with E-state index in [0.717, 1.165) is 21.0 Å². The zero-order chi connectivity index (χ0) is 13.9. The highest BCUT2D eigenvalue weighted by atomic mass is 32.2. The molecule has 0 saturated carbocycles. The third-order valence-corrected chi connectivity index (χ3v) is 5.24. The molecule has 0 spiro atoms. The van der Waals surface area contributed by atoms with Crippen molar-refractivity contribution >= 4 is 33.3 Å². The Labute approximate surface area is 124 Å². The lowest BCUT2D eigenvalue weighted by molar-refractivity contribution is 0.625. The summed E-state index contributed by atoms with van der Waals surface area (Å²) in [5, 5.41) is 0. The van der Waals surface area contributed by atoms with Crippen molar-refractivity contribution in [1.82, 2.24) is 4.98 Å². The molecule has 5 heteroatoms. The van der Waals surface area contributed by atoms with Gasteiger partial charge in [-0.2, -0.15) is 0 Å². The number of nitrogens with two attached hydrogens (primary N) is 1. The zero-order valence-corrected chi connectivity index (χ0v) is 12.3. The molecule has 2 aromatic carbocycles. The molecule has 0 aliphatic carbocycles. The van der Waals surface area contributed by atoms with Crippen molar-refractivity contribution in [1.29, 1.82) is 0 Å². The van der Waals surface area contributed by atoms with Crippen LogP contribution in [0.3, 0.4) is 0 Å². The maximum Gasteiger partial charge on any atom is 0.151 e. The first-order chi connectivity index (χ1) is 9.76. The second kappa shape index (κ2) is 5.91. The first-order valence-electron chi connectivity index (χ1n) is 6.22. The predicted molar refractivity (Wildman–Crippen MR) is 83.5 cm³/mol. The van der Waals surface area contributed by atoms with E-state index in [1.807, 2.05) is 18.2 Å². The van der Waals surface area contributed by atoms with Crippen molar-refractivity contribution in [2.45, 2.75) is 16.6 Å². The van der Waals surface area contributed by atoms with E-state index in [-0.39, 0.29) is 5.82 Å². The molecule has 0 saturated heterocycles. The molecule has 2 nitrogen and oxygen atoms in total. The highest BCUT2D eigenvalue weighted by Gasteiger charge is 2.07. The lowest BCUT2D eigenvalue weighted by Crippen LogP contribution is -2.01. The average Bonchev–Trinajstić information content (AvgIpc) is 2.88. The molecular weight excluding hydrogens is 291 g/mol. The Morgan fingerprint density at radius 3 is 2.80 bits per heavy atom. The van der Waals surface area contributed by atoms with Crippen LogP contribution in [0.15, 0.2) is 46.8 Å². The van der Waals surface area contributed by atoms with Gasteiger partial charge in [0.25, 0.3) is 0 Å². The first-order valence-corrected chi connectivity index (χ1v) is 8.02. The molecule has 0 aliphatic rings. The Kier molecular flexibility index (Phi) is 4.00. The van der Waals surface area contributed by atoms with E-state index >= 15 is 0 Å². The fourth-order valence-electron chi connectivity index (χ4n) is 1.98. The SMILES string of the molecule is NCc1ccc(F)cc1CSc1nc2ccccc2s1. The number of aromatic nitrogens is 1. The summed E-state index contributed by atoms with van der Waals surface area (Å²) in [6, 6.07) is 12.8. The molecule has 0 radical (unpaired) electrons. The van der Waals surface area contributed by atoms with E-state index in [1.165, 1.54) is 10.8 Å². The van der Waals surface area contributed by atoms with E-state index in [2.05, 4.69) is 11.1 Å². The maximum absolute atomic E-state index is 13.3. The maximum atomic E-state index is 13.3. The molecule has 1 aromatic heterocycles. The molecule has 2 N–H and O–H groups in total. The van der Waals surface area contributed by atoms with Crippen LogP contribution in [0, 0.1) is 5.82 Å². The molecule has 0 amide bonds. The number of halogens is 1. The van der Waals surface area contributed by atoms with Gasteiger partial charge in [-0.05, 0) is 35.4 Å². The van der Waals surface area contributed by atoms with E-state index < -0.39 is 0 Å². The highest BCUT2D eigenvalue weighted by molar-refractivity contribution is 8.00. The van der Waals surface area contributed by atoms with Crippen LogP contribution >= 0.6 is 23.1 Å². The fourth-order valence-corrected chi connectivity index (χ4v) is 4.07. The molecule has 0 bridgehead atoms. The lowest BCUT2D eigenvalue weighted by atomic mass is 10.1. The average molecular weight is 304 g/mol. The van der Waals surface area contributed by atoms with Crippen LogP contribution in [0.25, 0.3) is 10.2 Å². The van der Waals surface area contributed by atoms with Gasteiger partial charge >= 0.3 is 0 Å². The van der Waals surface area contributed by atoms with Crippen molar-refractivity contribution in [3.05, 3.63) is 59.4 Å². The molecule has 0 fully saturated rings. The second-order valence-corrected chi connectivity index (χ2v) is 6.61. The van der Waals surface area contributed by atoms with Crippen LogP contribution in [0.2, 0.25) is 0 Å². The molecule has 0 unspecified atom stereocenters. The number of hydrogen-bond donors (Lipinski definition) is 1. The number of thioether (sulfide) groups is 1. The lowest BCUT2D eigenvalue weighted by Gasteiger charge is -2.06. The summed E-state index contributed by atoms with van der Waals surface area (Å²) in [5.74, 6) is 0.464. The van der Waals surface area contributed by atoms with Crippen LogP contribution < -0.4 is 5.73 Å². The summed E-state index contributed by atoms with van der Waals surface area (Å²) < 4.78 is 15.5. The van der Waals surface area contributed by atoms with Crippen LogP contribution in [-0.4, -0.2) is 4.98 Å². The number of rotatable bonds is 4. The number of fused-ring (bicyclic) bond motifs is 1. The standard InChI is InChI=1S/C15H13FN2S2/c16-12-6-5-10(8-17)11(7-12)9-19-15-18-13-3-1-2-4-14(13)20-15/h1-7H,8-9,17H2. The van der Waals surface area contributed by atoms with Crippen LogP contribution in [-0.2, 0) is 12.3 Å². The molecular formula is C15H13FN2S2. The highest BCUT2D eigenvalue weighted by Crippen LogP contribution is 2.32. The van der Waals surface area contributed by atoms with E-state index in [0.29, 0.717) is 12.3 Å². The zero-order valence-electron chi connectivity index (χ0n) is 10.7. The molecule has 3 rings (SSSR count). The molecule has 102 valence electrons. The number of benzene rings is 2. The second-order valence-electron chi connectivity index (χ2n) is 4.35. The minimum absolute atomic E-state index is 0.220. The number of thiazole rings is 1. The van der Waals surface area contributed by atoms with Crippen LogP contribution in [0.4, 0.5) is 4.39 Å². The molecule has 1 heterocycles. The fraction of sp³-hybridized carbons (Fsp3) is 0.133. The van der Waals surface area contributed by atoms with Crippen LogP contribution in [0.5, 0.6) is 0 Å². The summed E-state index contributed by atoms with van der Waals surface area (Å²) in [6.45, 7) is 0.427. The van der Waals surface area contributed by atoms with Crippen molar-refractivity contribution in [3.8, 4) is 0 Å². The van der Waals surface area contributed by atoms with Gasteiger partial charge in [0.1, 0.15) is 5.82 Å². The largest absolute Gasteiger partial charge is 0.326 e. The van der Waals surface area contributed by atoms with Gasteiger partial charge < -0.3 is 5.73 Å². The van der Waals surface area contributed by atoms with Gasteiger partial charge in [-0.3, -0.25) is 0 Å². The Morgan fingerprint density at radius 1 is 1.15 bits per heavy atom. The van der Waals surface area contributed by atoms with E-state index in [9.17, 15) is 4.39 Å². The summed E-state index contributed by atoms with van der Waals surface area (Å²) >= 11 is 3.28. The van der Waals surface area contributed by atoms with Gasteiger partial charge in [0, 0.05) is 12.3 Å². The smallest absolute Gasteiger partial charge is 0.151 e. The molecule has 0 aliphatic heterocycles. The first kappa shape index (κ1) is 13.5. The number of hydrogen-bond acceptors (Lipinski definition) is 4. The van der Waals surface area contributed by atoms with Gasteiger partial charge in [0.05, 0.1) is 10.2 Å². The minimum atomic E-state index is -0.220. The Hall–Kier alpha value is -1.43. The van der Waals surface area contributed by atoms with Crippen LogP contribution in [0.1, 0.15) is 11.1 Å². The summed E-state index contributed by atoms with van der Waals surface area (Å²) in [5.41, 5.74) is 8.63. The predicted octanol–water partition coefficient (Wildman–Crippen LogP) is 4.19. The third kappa shape index (κ3) is 2.85. The van der Waals surface area contributed by atoms with E-state index in [4.69, 9.17) is 5.73 Å². The monoisotopic (exact) mass is 304 g/mol. The van der Waals surface area contributed by atoms with Gasteiger partial charge in [0.2, 0.25) is 0 Å². The minimum Gasteiger partial charge on any atom is -0.326 e.